The summed E-state index contributed by atoms with van der Waals surface area (Å²) in [7, 11) is 0. The fourth-order valence-electron chi connectivity index (χ4n) is 2.01. The van der Waals surface area contributed by atoms with Crippen LogP contribution < -0.4 is 10.5 Å². The summed E-state index contributed by atoms with van der Waals surface area (Å²) >= 11 is 0. The molecule has 0 radical (unpaired) electrons. The first kappa shape index (κ1) is 13.0. The number of primary amides is 1. The van der Waals surface area contributed by atoms with Crippen LogP contribution in [0.4, 0.5) is 0 Å². The van der Waals surface area contributed by atoms with Crippen LogP contribution >= 0.6 is 0 Å². The lowest BCUT2D eigenvalue weighted by atomic mass is 10.1. The molecule has 3 rings (SSSR count). The Kier molecular flexibility index (Phi) is 3.19. The zero-order valence-electron chi connectivity index (χ0n) is 11.3. The van der Waals surface area contributed by atoms with Gasteiger partial charge in [0.15, 0.2) is 0 Å². The van der Waals surface area contributed by atoms with Crippen LogP contribution in [0.5, 0.6) is 11.6 Å². The van der Waals surface area contributed by atoms with Gasteiger partial charge >= 0.3 is 0 Å². The second-order valence-electron chi connectivity index (χ2n) is 4.53. The molecule has 0 aliphatic carbocycles. The van der Waals surface area contributed by atoms with Crippen LogP contribution in [0, 0.1) is 6.92 Å². The van der Waals surface area contributed by atoms with E-state index >= 15 is 0 Å². The fraction of sp³-hybridized carbons (Fsp3) is 0.0667. The summed E-state index contributed by atoms with van der Waals surface area (Å²) in [6.07, 6.45) is 4.32. The molecule has 0 atom stereocenters. The highest BCUT2D eigenvalue weighted by molar-refractivity contribution is 5.92. The van der Waals surface area contributed by atoms with Crippen LogP contribution in [0.25, 0.3) is 10.9 Å². The third-order valence-corrected chi connectivity index (χ3v) is 3.04. The van der Waals surface area contributed by atoms with Gasteiger partial charge in [-0.15, -0.1) is 0 Å². The summed E-state index contributed by atoms with van der Waals surface area (Å²) in [5, 5.41) is 0.793. The molecule has 0 unspecified atom stereocenters. The van der Waals surface area contributed by atoms with Gasteiger partial charge in [0.2, 0.25) is 11.8 Å². The molecular formula is C15H12N4O2. The fourth-order valence-corrected chi connectivity index (χ4v) is 2.01. The van der Waals surface area contributed by atoms with Crippen molar-refractivity contribution in [3.05, 3.63) is 54.1 Å². The van der Waals surface area contributed by atoms with E-state index in [2.05, 4.69) is 15.0 Å². The van der Waals surface area contributed by atoms with Crippen molar-refractivity contribution in [3.63, 3.8) is 0 Å². The number of nitrogens with two attached hydrogens (primary N) is 1. The number of carbonyl (C=O) groups excluding carboxylic acids is 1. The van der Waals surface area contributed by atoms with Crippen LogP contribution in [0.1, 0.15) is 15.9 Å². The Balaban J connectivity index is 2.04. The number of ether oxygens (including phenoxy) is 1. The monoisotopic (exact) mass is 280 g/mol. The van der Waals surface area contributed by atoms with Gasteiger partial charge in [-0.3, -0.25) is 9.78 Å². The molecule has 0 aliphatic heterocycles. The van der Waals surface area contributed by atoms with Crippen molar-refractivity contribution in [3.8, 4) is 11.6 Å². The van der Waals surface area contributed by atoms with Crippen LogP contribution in [-0.4, -0.2) is 20.9 Å². The minimum Gasteiger partial charge on any atom is -0.437 e. The highest BCUT2D eigenvalue weighted by Crippen LogP contribution is 2.27. The van der Waals surface area contributed by atoms with Gasteiger partial charge in [-0.2, -0.15) is 0 Å². The molecule has 0 saturated heterocycles. The zero-order chi connectivity index (χ0) is 14.8. The van der Waals surface area contributed by atoms with Crippen LogP contribution in [0.2, 0.25) is 0 Å². The molecular weight excluding hydrogens is 268 g/mol. The van der Waals surface area contributed by atoms with Crippen LogP contribution in [0.15, 0.2) is 43.0 Å². The largest absolute Gasteiger partial charge is 0.437 e. The first-order chi connectivity index (χ1) is 10.1. The standard InChI is InChI=1S/C15H12N4O2/c1-9-3-2-4-12-13(9)18-8-19-15(12)21-11-5-10(14(16)20)6-17-7-11/h2-8H,1H3,(H2,16,20). The Morgan fingerprint density at radius 3 is 2.90 bits per heavy atom. The van der Waals surface area contributed by atoms with Crippen molar-refractivity contribution in [2.45, 2.75) is 6.92 Å². The maximum Gasteiger partial charge on any atom is 0.250 e. The number of rotatable bonds is 3. The predicted octanol–water partition coefficient (Wildman–Crippen LogP) is 2.22. The SMILES string of the molecule is Cc1cccc2c(Oc3cncc(C(N)=O)c3)ncnc12. The number of nitrogens with zero attached hydrogens (tertiary/aromatic N) is 3. The van der Waals surface area contributed by atoms with Gasteiger partial charge in [-0.1, -0.05) is 12.1 Å². The number of aryl methyl sites for hydroxylation is 1. The van der Waals surface area contributed by atoms with Crippen molar-refractivity contribution >= 4 is 16.8 Å². The summed E-state index contributed by atoms with van der Waals surface area (Å²) in [6.45, 7) is 1.97. The number of hydrogen-bond acceptors (Lipinski definition) is 5. The molecule has 6 heteroatoms. The molecule has 1 amide bonds. The molecule has 0 saturated carbocycles. The molecule has 21 heavy (non-hydrogen) atoms. The summed E-state index contributed by atoms with van der Waals surface area (Å²) in [4.78, 5) is 23.5. The Morgan fingerprint density at radius 1 is 1.24 bits per heavy atom. The van der Waals surface area contributed by atoms with Gasteiger partial charge in [0.25, 0.3) is 0 Å². The topological polar surface area (TPSA) is 91.0 Å². The van der Waals surface area contributed by atoms with E-state index in [1.807, 2.05) is 25.1 Å². The third-order valence-electron chi connectivity index (χ3n) is 3.04. The van der Waals surface area contributed by atoms with Gasteiger partial charge in [-0.25, -0.2) is 9.97 Å². The minimum atomic E-state index is -0.559. The number of pyridine rings is 1. The molecule has 0 bridgehead atoms. The number of fused-ring (bicyclic) bond motifs is 1. The van der Waals surface area contributed by atoms with Crippen LogP contribution in [-0.2, 0) is 0 Å². The number of aromatic nitrogens is 3. The normalized spacial score (nSPS) is 10.5. The molecule has 0 spiro atoms. The van der Waals surface area contributed by atoms with Crippen molar-refractivity contribution < 1.29 is 9.53 Å². The smallest absolute Gasteiger partial charge is 0.250 e. The highest BCUT2D eigenvalue weighted by Gasteiger charge is 2.09. The number of carbonyl (C=O) groups is 1. The maximum absolute atomic E-state index is 11.2. The lowest BCUT2D eigenvalue weighted by Gasteiger charge is -2.08. The summed E-state index contributed by atoms with van der Waals surface area (Å²) in [5.74, 6) is 0.247. The zero-order valence-corrected chi connectivity index (χ0v) is 11.3. The number of hydrogen-bond donors (Lipinski definition) is 1. The third kappa shape index (κ3) is 2.51. The van der Waals surface area contributed by atoms with Crippen molar-refractivity contribution in [2.24, 2.45) is 5.73 Å². The van der Waals surface area contributed by atoms with Gasteiger partial charge < -0.3 is 10.5 Å². The van der Waals surface area contributed by atoms with Gasteiger partial charge in [0, 0.05) is 6.20 Å². The Bertz CT molecular complexity index is 833. The van der Waals surface area contributed by atoms with E-state index in [-0.39, 0.29) is 5.56 Å². The Labute approximate surface area is 120 Å². The number of benzene rings is 1. The molecule has 2 aromatic heterocycles. The van der Waals surface area contributed by atoms with Gasteiger partial charge in [0.1, 0.15) is 12.1 Å². The quantitative estimate of drug-likeness (QED) is 0.794. The van der Waals surface area contributed by atoms with E-state index < -0.39 is 5.91 Å². The average molecular weight is 280 g/mol. The first-order valence-corrected chi connectivity index (χ1v) is 6.28. The lowest BCUT2D eigenvalue weighted by molar-refractivity contribution is 0.0999. The summed E-state index contributed by atoms with van der Waals surface area (Å²) in [5.41, 5.74) is 7.36. The Morgan fingerprint density at radius 2 is 2.10 bits per heavy atom. The molecule has 3 aromatic rings. The number of para-hydroxylation sites is 1. The van der Waals surface area contributed by atoms with Gasteiger partial charge in [-0.05, 0) is 24.6 Å². The molecule has 1 aromatic carbocycles. The van der Waals surface area contributed by atoms with Crippen LogP contribution in [0.3, 0.4) is 0 Å². The summed E-state index contributed by atoms with van der Waals surface area (Å²) in [6, 6.07) is 7.28. The predicted molar refractivity (Wildman–Crippen MR) is 77.1 cm³/mol. The highest BCUT2D eigenvalue weighted by atomic mass is 16.5. The van der Waals surface area contributed by atoms with E-state index in [0.29, 0.717) is 11.6 Å². The molecule has 2 N–H and O–H groups in total. The van der Waals surface area contributed by atoms with E-state index in [0.717, 1.165) is 16.5 Å². The lowest BCUT2D eigenvalue weighted by Crippen LogP contribution is -2.11. The van der Waals surface area contributed by atoms with E-state index in [4.69, 9.17) is 10.5 Å². The second kappa shape index (κ2) is 5.16. The van der Waals surface area contributed by atoms with E-state index in [1.165, 1.54) is 24.8 Å². The maximum atomic E-state index is 11.2. The van der Waals surface area contributed by atoms with Crippen molar-refractivity contribution in [1.82, 2.24) is 15.0 Å². The van der Waals surface area contributed by atoms with E-state index in [9.17, 15) is 4.79 Å². The molecule has 104 valence electrons. The molecule has 0 fully saturated rings. The average Bonchev–Trinajstić information content (AvgIpc) is 2.49. The summed E-state index contributed by atoms with van der Waals surface area (Å²) < 4.78 is 5.72. The first-order valence-electron chi connectivity index (χ1n) is 6.28. The van der Waals surface area contributed by atoms with Crippen molar-refractivity contribution in [1.29, 1.82) is 0 Å². The second-order valence-corrected chi connectivity index (χ2v) is 4.53. The Hall–Kier alpha value is -3.02. The van der Waals surface area contributed by atoms with Gasteiger partial charge in [0.05, 0.1) is 22.7 Å². The molecule has 0 aliphatic rings. The molecule has 2 heterocycles. The van der Waals surface area contributed by atoms with Crippen molar-refractivity contribution in [2.75, 3.05) is 0 Å². The van der Waals surface area contributed by atoms with E-state index in [1.54, 1.807) is 0 Å². The molecule has 6 nitrogen and oxygen atoms in total. The minimum absolute atomic E-state index is 0.280. The number of amides is 1.